The zero-order chi connectivity index (χ0) is 8.91. The molecule has 0 aliphatic heterocycles. The van der Waals surface area contributed by atoms with Crippen LogP contribution in [0.15, 0.2) is 0 Å². The van der Waals surface area contributed by atoms with Crippen LogP contribution in [-0.2, 0) is 9.84 Å². The van der Waals surface area contributed by atoms with Crippen LogP contribution in [0.5, 0.6) is 0 Å². The van der Waals surface area contributed by atoms with E-state index in [1.807, 2.05) is 0 Å². The average molecular weight is 196 g/mol. The second kappa shape index (κ2) is 4.61. The Morgan fingerprint density at radius 1 is 1.64 bits per heavy atom. The lowest BCUT2D eigenvalue weighted by Gasteiger charge is -1.97. The van der Waals surface area contributed by atoms with Gasteiger partial charge in [-0.05, 0) is 0 Å². The van der Waals surface area contributed by atoms with E-state index in [1.165, 1.54) is 18.0 Å². The Labute approximate surface area is 71.0 Å². The molecule has 0 aromatic rings. The molecule has 0 heterocycles. The fourth-order valence-corrected chi connectivity index (χ4v) is 2.44. The van der Waals surface area contributed by atoms with Gasteiger partial charge < -0.3 is 5.73 Å². The van der Waals surface area contributed by atoms with E-state index in [0.29, 0.717) is 11.5 Å². The summed E-state index contributed by atoms with van der Waals surface area (Å²) in [5.74, 6) is 1.17. The van der Waals surface area contributed by atoms with Gasteiger partial charge in [-0.25, -0.2) is 8.42 Å². The molecule has 0 aliphatic carbocycles. The van der Waals surface area contributed by atoms with Gasteiger partial charge in [-0.3, -0.25) is 5.41 Å². The van der Waals surface area contributed by atoms with Crippen molar-refractivity contribution < 1.29 is 8.42 Å². The fourth-order valence-electron chi connectivity index (χ4n) is 0.392. The van der Waals surface area contributed by atoms with Crippen molar-refractivity contribution in [3.8, 4) is 0 Å². The summed E-state index contributed by atoms with van der Waals surface area (Å²) in [6, 6.07) is 0. The molecule has 0 aliphatic rings. The fraction of sp³-hybridized carbons (Fsp3) is 0.800. The van der Waals surface area contributed by atoms with Gasteiger partial charge in [-0.15, -0.1) is 0 Å². The van der Waals surface area contributed by atoms with Crippen molar-refractivity contribution in [1.29, 1.82) is 5.41 Å². The van der Waals surface area contributed by atoms with E-state index < -0.39 is 9.84 Å². The van der Waals surface area contributed by atoms with Gasteiger partial charge in [-0.2, -0.15) is 11.8 Å². The molecule has 0 rings (SSSR count). The van der Waals surface area contributed by atoms with Crippen molar-refractivity contribution in [1.82, 2.24) is 0 Å². The standard InChI is InChI=1S/C5H12N2O2S2/c1-11(8,9)3-2-10-4-5(6)7/h2-4H2,1H3,(H3,6,7). The second-order valence-corrected chi connectivity index (χ2v) is 5.57. The van der Waals surface area contributed by atoms with Crippen molar-refractivity contribution in [2.24, 2.45) is 5.73 Å². The zero-order valence-corrected chi connectivity index (χ0v) is 7.96. The van der Waals surface area contributed by atoms with Gasteiger partial charge >= 0.3 is 0 Å². The van der Waals surface area contributed by atoms with Gasteiger partial charge in [0, 0.05) is 12.0 Å². The van der Waals surface area contributed by atoms with Gasteiger partial charge in [0.1, 0.15) is 15.7 Å². The predicted octanol–water partition coefficient (Wildman–Crippen LogP) is -0.300. The third kappa shape index (κ3) is 9.77. The quantitative estimate of drug-likeness (QED) is 0.359. The molecular formula is C5H12N2O2S2. The van der Waals surface area contributed by atoms with E-state index in [1.54, 1.807) is 0 Å². The Kier molecular flexibility index (Phi) is 4.51. The van der Waals surface area contributed by atoms with E-state index in [2.05, 4.69) is 0 Å². The minimum atomic E-state index is -2.85. The second-order valence-electron chi connectivity index (χ2n) is 2.21. The lowest BCUT2D eigenvalue weighted by Crippen LogP contribution is -2.14. The van der Waals surface area contributed by atoms with Crippen LogP contribution in [-0.4, -0.2) is 37.8 Å². The van der Waals surface area contributed by atoms with E-state index in [4.69, 9.17) is 11.1 Å². The number of hydrogen-bond acceptors (Lipinski definition) is 4. The number of nitrogens with one attached hydrogen (secondary N) is 1. The maximum Gasteiger partial charge on any atom is 0.148 e. The Morgan fingerprint density at radius 2 is 2.18 bits per heavy atom. The minimum absolute atomic E-state index is 0.0866. The van der Waals surface area contributed by atoms with E-state index >= 15 is 0 Å². The Hall–Kier alpha value is -0.230. The van der Waals surface area contributed by atoms with Crippen molar-refractivity contribution in [2.75, 3.05) is 23.5 Å². The van der Waals surface area contributed by atoms with Crippen molar-refractivity contribution in [2.45, 2.75) is 0 Å². The average Bonchev–Trinajstić information content (AvgIpc) is 1.78. The number of sulfone groups is 1. The lowest BCUT2D eigenvalue weighted by atomic mass is 10.7. The summed E-state index contributed by atoms with van der Waals surface area (Å²) < 4.78 is 21.2. The Bertz CT molecular complexity index is 223. The topological polar surface area (TPSA) is 84.0 Å². The monoisotopic (exact) mass is 196 g/mol. The first-order chi connectivity index (χ1) is 4.92. The van der Waals surface area contributed by atoms with Crippen molar-refractivity contribution in [3.05, 3.63) is 0 Å². The van der Waals surface area contributed by atoms with Crippen molar-refractivity contribution >= 4 is 27.4 Å². The number of amidine groups is 1. The first-order valence-corrected chi connectivity index (χ1v) is 6.22. The Morgan fingerprint density at radius 3 is 2.55 bits per heavy atom. The third-order valence-electron chi connectivity index (χ3n) is 0.856. The molecule has 0 radical (unpaired) electrons. The molecule has 0 spiro atoms. The van der Waals surface area contributed by atoms with Crippen LogP contribution in [0.4, 0.5) is 0 Å². The molecule has 4 nitrogen and oxygen atoms in total. The molecule has 0 saturated heterocycles. The van der Waals surface area contributed by atoms with Crippen LogP contribution in [0.2, 0.25) is 0 Å². The SMILES string of the molecule is CS(=O)(=O)CCSCC(=N)N. The molecule has 66 valence electrons. The van der Waals surface area contributed by atoms with Crippen molar-refractivity contribution in [3.63, 3.8) is 0 Å². The van der Waals surface area contributed by atoms with Crippen LogP contribution in [0.25, 0.3) is 0 Å². The normalized spacial score (nSPS) is 11.4. The highest BCUT2D eigenvalue weighted by Gasteiger charge is 2.01. The molecule has 0 saturated carbocycles. The molecule has 0 atom stereocenters. The van der Waals surface area contributed by atoms with Gasteiger partial charge in [-0.1, -0.05) is 0 Å². The van der Waals surface area contributed by atoms with E-state index in [-0.39, 0.29) is 11.6 Å². The molecule has 0 aromatic carbocycles. The first-order valence-electron chi connectivity index (χ1n) is 3.00. The molecule has 0 aromatic heterocycles. The van der Waals surface area contributed by atoms with Crippen LogP contribution in [0.1, 0.15) is 0 Å². The molecule has 0 fully saturated rings. The van der Waals surface area contributed by atoms with E-state index in [0.717, 1.165) is 0 Å². The van der Waals surface area contributed by atoms with Gasteiger partial charge in [0.25, 0.3) is 0 Å². The minimum Gasteiger partial charge on any atom is -0.387 e. The Balaban J connectivity index is 3.37. The van der Waals surface area contributed by atoms with Crippen LogP contribution < -0.4 is 5.73 Å². The molecule has 0 amide bonds. The number of nitrogens with two attached hydrogens (primary N) is 1. The maximum atomic E-state index is 10.6. The highest BCUT2D eigenvalue weighted by Crippen LogP contribution is 1.99. The summed E-state index contributed by atoms with van der Waals surface area (Å²) in [5.41, 5.74) is 5.06. The van der Waals surface area contributed by atoms with E-state index in [9.17, 15) is 8.42 Å². The summed E-state index contributed by atoms with van der Waals surface area (Å²) in [4.78, 5) is 0. The van der Waals surface area contributed by atoms with Crippen LogP contribution in [0.3, 0.4) is 0 Å². The summed E-state index contributed by atoms with van der Waals surface area (Å²) in [7, 11) is -2.85. The summed E-state index contributed by atoms with van der Waals surface area (Å²) in [5, 5.41) is 6.84. The molecule has 11 heavy (non-hydrogen) atoms. The van der Waals surface area contributed by atoms with Crippen LogP contribution in [0, 0.1) is 5.41 Å². The number of thioether (sulfide) groups is 1. The van der Waals surface area contributed by atoms with Gasteiger partial charge in [0.2, 0.25) is 0 Å². The summed E-state index contributed by atoms with van der Waals surface area (Å²) in [6.45, 7) is 0. The predicted molar refractivity (Wildman–Crippen MR) is 48.9 cm³/mol. The molecule has 0 bridgehead atoms. The largest absolute Gasteiger partial charge is 0.387 e. The smallest absolute Gasteiger partial charge is 0.148 e. The zero-order valence-electron chi connectivity index (χ0n) is 6.33. The summed E-state index contributed by atoms with van der Waals surface area (Å²) >= 11 is 1.36. The highest BCUT2D eigenvalue weighted by atomic mass is 32.2. The molecule has 3 N–H and O–H groups in total. The number of rotatable bonds is 5. The molecular weight excluding hydrogens is 184 g/mol. The third-order valence-corrected chi connectivity index (χ3v) is 3.07. The molecule has 0 unspecified atom stereocenters. The van der Waals surface area contributed by atoms with Gasteiger partial charge in [0.05, 0.1) is 11.5 Å². The highest BCUT2D eigenvalue weighted by molar-refractivity contribution is 8.01. The maximum absolute atomic E-state index is 10.6. The number of hydrogen-bond donors (Lipinski definition) is 2. The lowest BCUT2D eigenvalue weighted by molar-refractivity contribution is 0.603. The van der Waals surface area contributed by atoms with Crippen LogP contribution >= 0.6 is 11.8 Å². The van der Waals surface area contributed by atoms with Gasteiger partial charge in [0.15, 0.2) is 0 Å². The summed E-state index contributed by atoms with van der Waals surface area (Å²) in [6.07, 6.45) is 1.20. The first kappa shape index (κ1) is 10.8. The molecule has 6 heteroatoms.